The number of methoxy groups -OCH3 is 2. The molecule has 118 valence electrons. The SMILES string of the molecule is COc1cc(OC)c2c(c1)OC/C(=C\c1ccc(O)cc1)C2=O. The first kappa shape index (κ1) is 15.0. The Balaban J connectivity index is 2.01. The number of aromatic hydroxyl groups is 1. The van der Waals surface area contributed by atoms with Gasteiger partial charge in [-0.15, -0.1) is 0 Å². The summed E-state index contributed by atoms with van der Waals surface area (Å²) in [6.07, 6.45) is 1.74. The molecule has 2 aromatic carbocycles. The summed E-state index contributed by atoms with van der Waals surface area (Å²) in [5.74, 6) is 1.48. The molecule has 0 bridgehead atoms. The quantitative estimate of drug-likeness (QED) is 0.882. The zero-order valence-corrected chi connectivity index (χ0v) is 12.8. The first-order chi connectivity index (χ1) is 11.1. The van der Waals surface area contributed by atoms with Gasteiger partial charge in [0.05, 0.1) is 14.2 Å². The summed E-state index contributed by atoms with van der Waals surface area (Å²) in [5, 5.41) is 9.32. The van der Waals surface area contributed by atoms with Gasteiger partial charge in [0.25, 0.3) is 0 Å². The zero-order valence-electron chi connectivity index (χ0n) is 12.8. The van der Waals surface area contributed by atoms with Gasteiger partial charge >= 0.3 is 0 Å². The lowest BCUT2D eigenvalue weighted by molar-refractivity contribution is 0.0997. The Hall–Kier alpha value is -2.95. The Morgan fingerprint density at radius 2 is 1.87 bits per heavy atom. The third kappa shape index (κ3) is 2.85. The maximum absolute atomic E-state index is 12.7. The molecule has 0 atom stereocenters. The molecule has 5 heteroatoms. The molecule has 3 rings (SSSR count). The van der Waals surface area contributed by atoms with Crippen LogP contribution < -0.4 is 14.2 Å². The highest BCUT2D eigenvalue weighted by Gasteiger charge is 2.28. The van der Waals surface area contributed by atoms with Crippen molar-refractivity contribution in [3.05, 3.63) is 53.1 Å². The van der Waals surface area contributed by atoms with Crippen LogP contribution in [-0.2, 0) is 0 Å². The van der Waals surface area contributed by atoms with Crippen molar-refractivity contribution in [2.45, 2.75) is 0 Å². The fourth-order valence-electron chi connectivity index (χ4n) is 2.44. The van der Waals surface area contributed by atoms with E-state index >= 15 is 0 Å². The van der Waals surface area contributed by atoms with Crippen LogP contribution in [0.1, 0.15) is 15.9 Å². The van der Waals surface area contributed by atoms with Crippen molar-refractivity contribution in [2.75, 3.05) is 20.8 Å². The molecule has 23 heavy (non-hydrogen) atoms. The van der Waals surface area contributed by atoms with Crippen LogP contribution in [0.15, 0.2) is 42.0 Å². The van der Waals surface area contributed by atoms with Gasteiger partial charge in [0, 0.05) is 17.7 Å². The molecule has 0 spiro atoms. The van der Waals surface area contributed by atoms with Gasteiger partial charge in [-0.25, -0.2) is 0 Å². The normalized spacial score (nSPS) is 15.0. The molecule has 1 heterocycles. The lowest BCUT2D eigenvalue weighted by Gasteiger charge is -2.21. The van der Waals surface area contributed by atoms with Gasteiger partial charge in [0.2, 0.25) is 0 Å². The average Bonchev–Trinajstić information content (AvgIpc) is 2.58. The van der Waals surface area contributed by atoms with Gasteiger partial charge < -0.3 is 19.3 Å². The fourth-order valence-corrected chi connectivity index (χ4v) is 2.44. The van der Waals surface area contributed by atoms with E-state index in [0.717, 1.165) is 5.56 Å². The van der Waals surface area contributed by atoms with Crippen LogP contribution in [0.3, 0.4) is 0 Å². The van der Waals surface area contributed by atoms with E-state index in [0.29, 0.717) is 28.4 Å². The second kappa shape index (κ2) is 6.04. The standard InChI is InChI=1S/C18H16O5/c1-21-14-8-15(22-2)17-16(9-14)23-10-12(18(17)20)7-11-3-5-13(19)6-4-11/h3-9,19H,10H2,1-2H3/b12-7+. The number of ketones is 1. The van der Waals surface area contributed by atoms with E-state index < -0.39 is 0 Å². The number of hydrogen-bond acceptors (Lipinski definition) is 5. The maximum atomic E-state index is 12.7. The van der Waals surface area contributed by atoms with Gasteiger partial charge in [-0.1, -0.05) is 12.1 Å². The number of hydrogen-bond donors (Lipinski definition) is 1. The Kier molecular flexibility index (Phi) is 3.93. The molecule has 0 aromatic heterocycles. The van der Waals surface area contributed by atoms with E-state index in [1.165, 1.54) is 7.11 Å². The fraction of sp³-hybridized carbons (Fsp3) is 0.167. The van der Waals surface area contributed by atoms with Gasteiger partial charge in [-0.05, 0) is 23.8 Å². The van der Waals surface area contributed by atoms with Crippen molar-refractivity contribution in [2.24, 2.45) is 0 Å². The summed E-state index contributed by atoms with van der Waals surface area (Å²) >= 11 is 0. The first-order valence-electron chi connectivity index (χ1n) is 7.05. The average molecular weight is 312 g/mol. The number of phenolic OH excluding ortho intramolecular Hbond substituents is 1. The summed E-state index contributed by atoms with van der Waals surface area (Å²) in [6.45, 7) is 0.170. The molecule has 0 saturated carbocycles. The monoisotopic (exact) mass is 312 g/mol. The number of fused-ring (bicyclic) bond motifs is 1. The molecule has 0 aliphatic carbocycles. The van der Waals surface area contributed by atoms with Crippen LogP contribution in [0.4, 0.5) is 0 Å². The lowest BCUT2D eigenvalue weighted by atomic mass is 9.97. The minimum atomic E-state index is -0.140. The van der Waals surface area contributed by atoms with E-state index in [2.05, 4.69) is 0 Å². The van der Waals surface area contributed by atoms with Crippen molar-refractivity contribution < 1.29 is 24.1 Å². The first-order valence-corrected chi connectivity index (χ1v) is 7.05. The van der Waals surface area contributed by atoms with E-state index in [1.807, 2.05) is 0 Å². The lowest BCUT2D eigenvalue weighted by Crippen LogP contribution is -2.20. The van der Waals surface area contributed by atoms with E-state index in [9.17, 15) is 9.90 Å². The number of carbonyl (C=O) groups excluding carboxylic acids is 1. The summed E-state index contributed by atoms with van der Waals surface area (Å²) < 4.78 is 16.2. The van der Waals surface area contributed by atoms with Crippen LogP contribution in [0.2, 0.25) is 0 Å². The third-order valence-electron chi connectivity index (χ3n) is 3.63. The summed E-state index contributed by atoms with van der Waals surface area (Å²) in [4.78, 5) is 12.7. The molecule has 0 unspecified atom stereocenters. The number of rotatable bonds is 3. The van der Waals surface area contributed by atoms with Crippen molar-refractivity contribution in [1.29, 1.82) is 0 Å². The second-order valence-electron chi connectivity index (χ2n) is 5.08. The Morgan fingerprint density at radius 1 is 1.13 bits per heavy atom. The number of carbonyl (C=O) groups is 1. The summed E-state index contributed by atoms with van der Waals surface area (Å²) in [7, 11) is 3.04. The Bertz CT molecular complexity index is 757. The van der Waals surface area contributed by atoms with Crippen LogP contribution in [0.25, 0.3) is 6.08 Å². The molecule has 0 saturated heterocycles. The highest BCUT2D eigenvalue weighted by Crippen LogP contribution is 2.38. The maximum Gasteiger partial charge on any atom is 0.199 e. The molecule has 1 aliphatic heterocycles. The second-order valence-corrected chi connectivity index (χ2v) is 5.08. The van der Waals surface area contributed by atoms with Crippen molar-refractivity contribution >= 4 is 11.9 Å². The largest absolute Gasteiger partial charge is 0.508 e. The smallest absolute Gasteiger partial charge is 0.199 e. The molecule has 1 aliphatic rings. The minimum Gasteiger partial charge on any atom is -0.508 e. The van der Waals surface area contributed by atoms with Crippen LogP contribution >= 0.6 is 0 Å². The number of Topliss-reactive ketones (excluding diaryl/α,β-unsaturated/α-hetero) is 1. The molecule has 0 radical (unpaired) electrons. The zero-order chi connectivity index (χ0) is 16.4. The number of phenols is 1. The van der Waals surface area contributed by atoms with Crippen LogP contribution in [0, 0.1) is 0 Å². The predicted molar refractivity (Wildman–Crippen MR) is 85.5 cm³/mol. The molecule has 2 aromatic rings. The van der Waals surface area contributed by atoms with Gasteiger partial charge in [0.1, 0.15) is 35.2 Å². The number of ether oxygens (including phenoxy) is 3. The van der Waals surface area contributed by atoms with Crippen molar-refractivity contribution in [3.8, 4) is 23.0 Å². The van der Waals surface area contributed by atoms with Crippen molar-refractivity contribution in [1.82, 2.24) is 0 Å². The highest BCUT2D eigenvalue weighted by molar-refractivity contribution is 6.15. The molecular formula is C18H16O5. The van der Waals surface area contributed by atoms with Gasteiger partial charge in [-0.3, -0.25) is 4.79 Å². The van der Waals surface area contributed by atoms with Gasteiger partial charge in [0.15, 0.2) is 5.78 Å². The van der Waals surface area contributed by atoms with Crippen molar-refractivity contribution in [3.63, 3.8) is 0 Å². The number of benzene rings is 2. The minimum absolute atomic E-state index is 0.140. The predicted octanol–water partition coefficient (Wildman–Crippen LogP) is 3.07. The molecular weight excluding hydrogens is 296 g/mol. The highest BCUT2D eigenvalue weighted by atomic mass is 16.5. The van der Waals surface area contributed by atoms with Crippen LogP contribution in [0.5, 0.6) is 23.0 Å². The van der Waals surface area contributed by atoms with E-state index in [1.54, 1.807) is 49.6 Å². The molecule has 0 fully saturated rings. The van der Waals surface area contributed by atoms with Crippen LogP contribution in [-0.4, -0.2) is 31.7 Å². The molecule has 1 N–H and O–H groups in total. The third-order valence-corrected chi connectivity index (χ3v) is 3.63. The Labute approximate surface area is 133 Å². The Morgan fingerprint density at radius 3 is 2.52 bits per heavy atom. The summed E-state index contributed by atoms with van der Waals surface area (Å²) in [6, 6.07) is 9.93. The van der Waals surface area contributed by atoms with E-state index in [4.69, 9.17) is 14.2 Å². The van der Waals surface area contributed by atoms with E-state index in [-0.39, 0.29) is 18.1 Å². The molecule has 0 amide bonds. The summed E-state index contributed by atoms with van der Waals surface area (Å²) in [5.41, 5.74) is 1.72. The topological polar surface area (TPSA) is 65.0 Å². The van der Waals surface area contributed by atoms with Gasteiger partial charge in [-0.2, -0.15) is 0 Å². The molecule has 5 nitrogen and oxygen atoms in total.